The van der Waals surface area contributed by atoms with Gasteiger partial charge in [0, 0.05) is 30.5 Å². The second-order valence-electron chi connectivity index (χ2n) is 7.72. The molecule has 2 heterocycles. The minimum Gasteiger partial charge on any atom is -0.493 e. The van der Waals surface area contributed by atoms with E-state index in [1.807, 2.05) is 24.3 Å². The lowest BCUT2D eigenvalue weighted by atomic mass is 9.90. The molecule has 1 amide bonds. The molecule has 31 heavy (non-hydrogen) atoms. The Morgan fingerprint density at radius 1 is 1.16 bits per heavy atom. The predicted molar refractivity (Wildman–Crippen MR) is 113 cm³/mol. The average molecular weight is 423 g/mol. The Hall–Kier alpha value is -3.49. The van der Waals surface area contributed by atoms with E-state index in [0.29, 0.717) is 39.6 Å². The number of ether oxygens (including phenoxy) is 4. The topological polar surface area (TPSA) is 97.7 Å². The molecule has 160 valence electrons. The summed E-state index contributed by atoms with van der Waals surface area (Å²) in [5.41, 5.74) is 2.31. The second-order valence-corrected chi connectivity index (χ2v) is 7.72. The Balaban J connectivity index is 1.82. The molecule has 0 fully saturated rings. The predicted octanol–water partition coefficient (Wildman–Crippen LogP) is 2.97. The molecule has 3 aromatic carbocycles. The summed E-state index contributed by atoms with van der Waals surface area (Å²) in [6.45, 7) is 1.53. The Morgan fingerprint density at radius 2 is 1.87 bits per heavy atom. The summed E-state index contributed by atoms with van der Waals surface area (Å²) < 4.78 is 22.0. The number of rotatable bonds is 4. The van der Waals surface area contributed by atoms with Crippen LogP contribution in [-0.2, 0) is 4.79 Å². The largest absolute Gasteiger partial charge is 0.493 e. The number of benzene rings is 3. The van der Waals surface area contributed by atoms with Crippen LogP contribution in [0.3, 0.4) is 0 Å². The summed E-state index contributed by atoms with van der Waals surface area (Å²) in [5, 5.41) is 23.0. The maximum Gasteiger partial charge on any atom is 0.236 e. The van der Waals surface area contributed by atoms with E-state index in [1.54, 1.807) is 19.2 Å². The van der Waals surface area contributed by atoms with Gasteiger partial charge in [0.1, 0.15) is 6.10 Å². The number of hydrogen-bond acceptors (Lipinski definition) is 7. The van der Waals surface area contributed by atoms with E-state index < -0.39 is 11.9 Å². The van der Waals surface area contributed by atoms with Crippen LogP contribution in [0.2, 0.25) is 0 Å². The average Bonchev–Trinajstić information content (AvgIpc) is 3.31. The lowest BCUT2D eigenvalue weighted by Gasteiger charge is -2.22. The fourth-order valence-corrected chi connectivity index (χ4v) is 4.23. The molecule has 0 bridgehead atoms. The van der Waals surface area contributed by atoms with E-state index in [-0.39, 0.29) is 12.5 Å². The van der Waals surface area contributed by atoms with Crippen LogP contribution >= 0.6 is 0 Å². The number of fused-ring (bicyclic) bond motifs is 3. The summed E-state index contributed by atoms with van der Waals surface area (Å²) >= 11 is 0. The van der Waals surface area contributed by atoms with Gasteiger partial charge >= 0.3 is 0 Å². The standard InChI is InChI=1S/C23H21NO7/c1-23(27)22(26)19-13(6-7-16(28-3)21(19)31-23)14-5-4-12-8-17-18(30-11-29-17)9-15(12)20(14)24(2)10-25/h4-10,22,26-27H,11H2,1-3H3. The molecule has 0 saturated carbocycles. The van der Waals surface area contributed by atoms with E-state index >= 15 is 0 Å². The van der Waals surface area contributed by atoms with Crippen molar-refractivity contribution in [2.75, 3.05) is 25.9 Å². The summed E-state index contributed by atoms with van der Waals surface area (Å²) in [6, 6.07) is 11.0. The number of hydrogen-bond donors (Lipinski definition) is 2. The zero-order valence-electron chi connectivity index (χ0n) is 17.2. The van der Waals surface area contributed by atoms with Crippen LogP contribution in [-0.4, -0.2) is 43.4 Å². The molecule has 2 aliphatic heterocycles. The smallest absolute Gasteiger partial charge is 0.236 e. The first-order valence-corrected chi connectivity index (χ1v) is 9.71. The lowest BCUT2D eigenvalue weighted by Crippen LogP contribution is -2.33. The fourth-order valence-electron chi connectivity index (χ4n) is 4.23. The Bertz CT molecular complexity index is 1220. The highest BCUT2D eigenvalue weighted by Crippen LogP contribution is 2.53. The molecule has 0 aliphatic carbocycles. The van der Waals surface area contributed by atoms with Gasteiger partial charge in [0.05, 0.1) is 12.8 Å². The van der Waals surface area contributed by atoms with Crippen LogP contribution in [0.5, 0.6) is 23.0 Å². The number of nitrogens with zero attached hydrogens (tertiary/aromatic N) is 1. The zero-order valence-corrected chi connectivity index (χ0v) is 17.2. The number of carbonyl (C=O) groups excluding carboxylic acids is 1. The van der Waals surface area contributed by atoms with Crippen molar-refractivity contribution in [1.29, 1.82) is 0 Å². The molecule has 2 atom stereocenters. The highest BCUT2D eigenvalue weighted by atomic mass is 16.7. The molecule has 2 N–H and O–H groups in total. The van der Waals surface area contributed by atoms with Gasteiger partial charge in [-0.1, -0.05) is 12.1 Å². The normalized spacial score (nSPS) is 21.0. The molecule has 5 rings (SSSR count). The van der Waals surface area contributed by atoms with Gasteiger partial charge in [-0.05, 0) is 35.2 Å². The van der Waals surface area contributed by atoms with Crippen LogP contribution in [0.1, 0.15) is 18.6 Å². The molecular formula is C23H21NO7. The van der Waals surface area contributed by atoms with Crippen molar-refractivity contribution in [3.63, 3.8) is 0 Å². The number of anilines is 1. The van der Waals surface area contributed by atoms with Gasteiger partial charge in [-0.2, -0.15) is 0 Å². The molecule has 8 nitrogen and oxygen atoms in total. The molecule has 2 unspecified atom stereocenters. The van der Waals surface area contributed by atoms with Crippen LogP contribution < -0.4 is 23.8 Å². The van der Waals surface area contributed by atoms with E-state index in [9.17, 15) is 15.0 Å². The van der Waals surface area contributed by atoms with Gasteiger partial charge < -0.3 is 34.1 Å². The van der Waals surface area contributed by atoms with Crippen molar-refractivity contribution in [2.45, 2.75) is 18.8 Å². The molecule has 8 heteroatoms. The highest BCUT2D eigenvalue weighted by molar-refractivity contribution is 6.07. The molecular weight excluding hydrogens is 402 g/mol. The van der Waals surface area contributed by atoms with Gasteiger partial charge in [0.25, 0.3) is 0 Å². The molecule has 3 aromatic rings. The van der Waals surface area contributed by atoms with Gasteiger partial charge in [0.15, 0.2) is 23.0 Å². The van der Waals surface area contributed by atoms with Crippen molar-refractivity contribution in [1.82, 2.24) is 0 Å². The van der Waals surface area contributed by atoms with Gasteiger partial charge in [0.2, 0.25) is 19.0 Å². The third-order valence-electron chi connectivity index (χ3n) is 5.75. The summed E-state index contributed by atoms with van der Waals surface area (Å²) in [5.74, 6) is 0.0836. The molecule has 0 aromatic heterocycles. The van der Waals surface area contributed by atoms with Gasteiger partial charge in [-0.15, -0.1) is 0 Å². The maximum atomic E-state index is 11.8. The third-order valence-corrected chi connectivity index (χ3v) is 5.75. The summed E-state index contributed by atoms with van der Waals surface area (Å²) in [7, 11) is 3.14. The first kappa shape index (κ1) is 19.5. The Morgan fingerprint density at radius 3 is 2.58 bits per heavy atom. The van der Waals surface area contributed by atoms with Crippen LogP contribution in [0.4, 0.5) is 5.69 Å². The van der Waals surface area contributed by atoms with Crippen molar-refractivity contribution in [3.8, 4) is 34.1 Å². The van der Waals surface area contributed by atoms with E-state index in [4.69, 9.17) is 18.9 Å². The first-order valence-electron chi connectivity index (χ1n) is 9.71. The zero-order chi connectivity index (χ0) is 21.9. The number of carbonyl (C=O) groups is 1. The van der Waals surface area contributed by atoms with Crippen molar-refractivity contribution >= 4 is 22.9 Å². The number of methoxy groups -OCH3 is 1. The fraction of sp³-hybridized carbons (Fsp3) is 0.261. The number of aliphatic hydroxyl groups excluding tert-OH is 1. The Labute approximate surface area is 178 Å². The van der Waals surface area contributed by atoms with Gasteiger partial charge in [-0.25, -0.2) is 0 Å². The van der Waals surface area contributed by atoms with Crippen molar-refractivity contribution in [3.05, 3.63) is 42.0 Å². The molecule has 0 radical (unpaired) electrons. The van der Waals surface area contributed by atoms with Crippen molar-refractivity contribution in [2.24, 2.45) is 0 Å². The quantitative estimate of drug-likeness (QED) is 0.623. The minimum absolute atomic E-state index is 0.141. The summed E-state index contributed by atoms with van der Waals surface area (Å²) in [6.07, 6.45) is -0.593. The SMILES string of the molecule is COc1ccc(-c2ccc3cc4c(cc3c2N(C)C=O)OCO4)c2c1OC(C)(O)C2O. The van der Waals surface area contributed by atoms with Gasteiger partial charge in [-0.3, -0.25) is 4.79 Å². The molecule has 0 saturated heterocycles. The number of aliphatic hydroxyl groups is 2. The maximum absolute atomic E-state index is 11.8. The summed E-state index contributed by atoms with van der Waals surface area (Å²) in [4.78, 5) is 13.3. The Kier molecular flexibility index (Phi) is 4.25. The van der Waals surface area contributed by atoms with Crippen LogP contribution in [0.15, 0.2) is 36.4 Å². The first-order chi connectivity index (χ1) is 14.9. The third kappa shape index (κ3) is 2.79. The minimum atomic E-state index is -1.81. The molecule has 0 spiro atoms. The monoisotopic (exact) mass is 423 g/mol. The van der Waals surface area contributed by atoms with E-state index in [0.717, 1.165) is 17.2 Å². The number of amides is 1. The van der Waals surface area contributed by atoms with E-state index in [1.165, 1.54) is 18.9 Å². The van der Waals surface area contributed by atoms with E-state index in [2.05, 4.69) is 0 Å². The second kappa shape index (κ2) is 6.76. The highest BCUT2D eigenvalue weighted by Gasteiger charge is 2.46. The van der Waals surface area contributed by atoms with Crippen LogP contribution in [0.25, 0.3) is 21.9 Å². The lowest BCUT2D eigenvalue weighted by molar-refractivity contribution is -0.175. The van der Waals surface area contributed by atoms with Crippen LogP contribution in [0, 0.1) is 0 Å². The molecule has 2 aliphatic rings. The van der Waals surface area contributed by atoms with Crippen molar-refractivity contribution < 1.29 is 34.0 Å².